The quantitative estimate of drug-likeness (QED) is 0.685. The van der Waals surface area contributed by atoms with Crippen molar-refractivity contribution < 1.29 is 18.0 Å². The molecule has 1 N–H and O–H groups in total. The number of alkyl halides is 3. The molecule has 1 aromatic carbocycles. The molecule has 10 heteroatoms. The smallest absolute Gasteiger partial charge is 0.352 e. The fraction of sp³-hybridized carbons (Fsp3) is 0.238. The van der Waals surface area contributed by atoms with Gasteiger partial charge in [-0.15, -0.1) is 10.2 Å². The summed E-state index contributed by atoms with van der Waals surface area (Å²) in [5.74, 6) is 0.603. The number of halogens is 3. The molecule has 1 aliphatic rings. The first kappa shape index (κ1) is 20.6. The summed E-state index contributed by atoms with van der Waals surface area (Å²) in [4.78, 5) is 20.0. The van der Waals surface area contributed by atoms with E-state index in [0.29, 0.717) is 37.8 Å². The Kier molecular flexibility index (Phi) is 5.70. The molecule has 160 valence electrons. The van der Waals surface area contributed by atoms with Crippen molar-refractivity contribution in [3.05, 3.63) is 72.1 Å². The number of carbonyl (C=O) groups excluding carboxylic acids is 1. The summed E-state index contributed by atoms with van der Waals surface area (Å²) >= 11 is 0. The minimum atomic E-state index is -4.57. The van der Waals surface area contributed by atoms with E-state index in [1.807, 2.05) is 23.1 Å². The second-order valence-corrected chi connectivity index (χ2v) is 6.96. The first-order valence-electron chi connectivity index (χ1n) is 9.63. The van der Waals surface area contributed by atoms with Crippen LogP contribution in [0.4, 0.5) is 30.5 Å². The average Bonchev–Trinajstić information content (AvgIpc) is 2.79. The molecule has 0 bridgehead atoms. The van der Waals surface area contributed by atoms with Crippen LogP contribution in [0, 0.1) is 0 Å². The van der Waals surface area contributed by atoms with Gasteiger partial charge in [0.1, 0.15) is 0 Å². The van der Waals surface area contributed by atoms with Crippen LogP contribution in [0.3, 0.4) is 0 Å². The molecule has 2 aromatic heterocycles. The SMILES string of the molecule is O=C(c1ccccc1C(F)(F)F)N1CCN(c2ccc(Nc3ccncc3)nn2)CC1. The number of carbonyl (C=O) groups is 1. The molecule has 31 heavy (non-hydrogen) atoms. The number of hydrogen-bond donors (Lipinski definition) is 1. The van der Waals surface area contributed by atoms with E-state index in [2.05, 4.69) is 20.5 Å². The van der Waals surface area contributed by atoms with Crippen molar-refractivity contribution in [1.82, 2.24) is 20.1 Å². The van der Waals surface area contributed by atoms with E-state index < -0.39 is 17.6 Å². The molecule has 0 unspecified atom stereocenters. The van der Waals surface area contributed by atoms with Crippen molar-refractivity contribution in [2.75, 3.05) is 36.4 Å². The minimum Gasteiger partial charge on any atom is -0.352 e. The third kappa shape index (κ3) is 4.73. The van der Waals surface area contributed by atoms with Gasteiger partial charge in [0.2, 0.25) is 0 Å². The first-order valence-corrected chi connectivity index (χ1v) is 9.63. The second-order valence-electron chi connectivity index (χ2n) is 6.96. The van der Waals surface area contributed by atoms with Gasteiger partial charge in [0.25, 0.3) is 5.91 Å². The molecule has 1 fully saturated rings. The molecule has 1 amide bonds. The van der Waals surface area contributed by atoms with Crippen molar-refractivity contribution in [1.29, 1.82) is 0 Å². The van der Waals surface area contributed by atoms with Crippen LogP contribution in [0.25, 0.3) is 0 Å². The van der Waals surface area contributed by atoms with E-state index in [1.165, 1.54) is 23.1 Å². The number of anilines is 3. The summed E-state index contributed by atoms with van der Waals surface area (Å²) in [6.45, 7) is 1.49. The van der Waals surface area contributed by atoms with Gasteiger partial charge in [-0.05, 0) is 36.4 Å². The monoisotopic (exact) mass is 428 g/mol. The van der Waals surface area contributed by atoms with E-state index in [-0.39, 0.29) is 5.56 Å². The van der Waals surface area contributed by atoms with Gasteiger partial charge in [-0.2, -0.15) is 13.2 Å². The maximum Gasteiger partial charge on any atom is 0.417 e. The van der Waals surface area contributed by atoms with Crippen LogP contribution in [0.5, 0.6) is 0 Å². The highest BCUT2D eigenvalue weighted by Crippen LogP contribution is 2.32. The number of aromatic nitrogens is 3. The summed E-state index contributed by atoms with van der Waals surface area (Å²) < 4.78 is 39.7. The van der Waals surface area contributed by atoms with Crippen LogP contribution in [-0.2, 0) is 6.18 Å². The van der Waals surface area contributed by atoms with Crippen LogP contribution >= 0.6 is 0 Å². The van der Waals surface area contributed by atoms with Gasteiger partial charge in [-0.3, -0.25) is 9.78 Å². The van der Waals surface area contributed by atoms with Gasteiger partial charge in [0.05, 0.1) is 11.1 Å². The number of benzene rings is 1. The Hall–Kier alpha value is -3.69. The lowest BCUT2D eigenvalue weighted by Crippen LogP contribution is -2.49. The molecular formula is C21H19F3N6O. The number of piperazine rings is 1. The molecule has 1 saturated heterocycles. The second kappa shape index (κ2) is 8.58. The molecule has 0 spiro atoms. The van der Waals surface area contributed by atoms with Gasteiger partial charge in [-0.25, -0.2) is 0 Å². The minimum absolute atomic E-state index is 0.295. The molecule has 4 rings (SSSR count). The van der Waals surface area contributed by atoms with Gasteiger partial charge in [0, 0.05) is 44.3 Å². The predicted molar refractivity (Wildman–Crippen MR) is 109 cm³/mol. The van der Waals surface area contributed by atoms with E-state index >= 15 is 0 Å². The predicted octanol–water partition coefficient (Wildman–Crippen LogP) is 3.60. The zero-order chi connectivity index (χ0) is 21.8. The van der Waals surface area contributed by atoms with Gasteiger partial charge < -0.3 is 15.1 Å². The Morgan fingerprint density at radius 2 is 1.61 bits per heavy atom. The number of amides is 1. The Balaban J connectivity index is 1.38. The van der Waals surface area contributed by atoms with Crippen molar-refractivity contribution in [2.24, 2.45) is 0 Å². The van der Waals surface area contributed by atoms with E-state index in [9.17, 15) is 18.0 Å². The zero-order valence-corrected chi connectivity index (χ0v) is 16.4. The van der Waals surface area contributed by atoms with E-state index in [4.69, 9.17) is 0 Å². The number of pyridine rings is 1. The third-order valence-corrected chi connectivity index (χ3v) is 4.96. The summed E-state index contributed by atoms with van der Waals surface area (Å²) in [6.07, 6.45) is -1.24. The Labute approximate surface area is 176 Å². The fourth-order valence-electron chi connectivity index (χ4n) is 3.37. The van der Waals surface area contributed by atoms with E-state index in [0.717, 1.165) is 11.8 Å². The Morgan fingerprint density at radius 1 is 0.903 bits per heavy atom. The lowest BCUT2D eigenvalue weighted by molar-refractivity contribution is -0.138. The zero-order valence-electron chi connectivity index (χ0n) is 16.4. The molecule has 0 atom stereocenters. The standard InChI is InChI=1S/C21H19F3N6O/c22-21(23,24)17-4-2-1-3-16(17)20(31)30-13-11-29(12-14-30)19-6-5-18(27-28-19)26-15-7-9-25-10-8-15/h1-10H,11-14H2,(H,25,26,27). The van der Waals surface area contributed by atoms with Crippen molar-refractivity contribution in [3.63, 3.8) is 0 Å². The maximum atomic E-state index is 13.2. The summed E-state index contributed by atoms with van der Waals surface area (Å²) in [5, 5.41) is 11.5. The van der Waals surface area contributed by atoms with Gasteiger partial charge in [-0.1, -0.05) is 12.1 Å². The van der Waals surface area contributed by atoms with E-state index in [1.54, 1.807) is 18.5 Å². The van der Waals surface area contributed by atoms with Crippen molar-refractivity contribution in [2.45, 2.75) is 6.18 Å². The Morgan fingerprint density at radius 3 is 2.26 bits per heavy atom. The van der Waals surface area contributed by atoms with Gasteiger partial charge >= 0.3 is 6.18 Å². The summed E-state index contributed by atoms with van der Waals surface area (Å²) in [6, 6.07) is 12.1. The first-order chi connectivity index (χ1) is 14.9. The highest BCUT2D eigenvalue weighted by molar-refractivity contribution is 5.96. The van der Waals surface area contributed by atoms with Crippen molar-refractivity contribution in [3.8, 4) is 0 Å². The number of nitrogens with one attached hydrogen (secondary N) is 1. The lowest BCUT2D eigenvalue weighted by Gasteiger charge is -2.35. The fourth-order valence-corrected chi connectivity index (χ4v) is 3.37. The maximum absolute atomic E-state index is 13.2. The molecule has 3 aromatic rings. The van der Waals surface area contributed by atoms with Crippen molar-refractivity contribution >= 4 is 23.2 Å². The van der Waals surface area contributed by atoms with Crippen LogP contribution in [0.2, 0.25) is 0 Å². The van der Waals surface area contributed by atoms with Crippen LogP contribution < -0.4 is 10.2 Å². The molecule has 0 radical (unpaired) electrons. The topological polar surface area (TPSA) is 74.2 Å². The highest BCUT2D eigenvalue weighted by atomic mass is 19.4. The number of nitrogens with zero attached hydrogens (tertiary/aromatic N) is 5. The lowest BCUT2D eigenvalue weighted by atomic mass is 10.1. The molecular weight excluding hydrogens is 409 g/mol. The highest BCUT2D eigenvalue weighted by Gasteiger charge is 2.36. The van der Waals surface area contributed by atoms with Crippen LogP contribution in [-0.4, -0.2) is 52.2 Å². The van der Waals surface area contributed by atoms with Crippen LogP contribution in [0.1, 0.15) is 15.9 Å². The molecule has 0 saturated carbocycles. The molecule has 0 aliphatic carbocycles. The summed E-state index contributed by atoms with van der Waals surface area (Å²) in [7, 11) is 0. The summed E-state index contributed by atoms with van der Waals surface area (Å²) in [5.41, 5.74) is -0.399. The molecule has 1 aliphatic heterocycles. The Bertz CT molecular complexity index is 1030. The largest absolute Gasteiger partial charge is 0.417 e. The third-order valence-electron chi connectivity index (χ3n) is 4.96. The molecule has 3 heterocycles. The average molecular weight is 428 g/mol. The molecule has 7 nitrogen and oxygen atoms in total. The van der Waals surface area contributed by atoms with Gasteiger partial charge in [0.15, 0.2) is 11.6 Å². The number of hydrogen-bond acceptors (Lipinski definition) is 6. The van der Waals surface area contributed by atoms with Crippen LogP contribution in [0.15, 0.2) is 60.9 Å². The number of rotatable bonds is 4. The normalized spacial score (nSPS) is 14.4.